The molecule has 0 saturated carbocycles. The van der Waals surface area contributed by atoms with E-state index in [0.717, 1.165) is 11.2 Å². The Balaban J connectivity index is 3.41. The van der Waals surface area contributed by atoms with Gasteiger partial charge in [0.05, 0.1) is 17.8 Å². The summed E-state index contributed by atoms with van der Waals surface area (Å²) in [4.78, 5) is 24.1. The molecule has 1 aromatic rings. The van der Waals surface area contributed by atoms with Gasteiger partial charge in [0.15, 0.2) is 15.6 Å². The summed E-state index contributed by atoms with van der Waals surface area (Å²) in [5.74, 6) is -1.06. The number of halogens is 1. The molecule has 0 atom stereocenters. The first-order chi connectivity index (χ1) is 9.19. The average Bonchev–Trinajstić information content (AvgIpc) is 2.35. The van der Waals surface area contributed by atoms with Crippen LogP contribution in [0.3, 0.4) is 0 Å². The molecule has 6 nitrogen and oxygen atoms in total. The number of amides is 1. The van der Waals surface area contributed by atoms with Gasteiger partial charge in [-0.15, -0.1) is 0 Å². The minimum Gasteiger partial charge on any atom is -0.495 e. The van der Waals surface area contributed by atoms with E-state index in [-0.39, 0.29) is 22.0 Å². The summed E-state index contributed by atoms with van der Waals surface area (Å²) in [6.07, 6.45) is 1.45. The predicted molar refractivity (Wildman–Crippen MR) is 76.5 cm³/mol. The van der Waals surface area contributed by atoms with Gasteiger partial charge in [-0.3, -0.25) is 9.59 Å². The minimum atomic E-state index is -3.48. The van der Waals surface area contributed by atoms with Crippen LogP contribution >= 0.6 is 11.6 Å². The van der Waals surface area contributed by atoms with E-state index in [4.69, 9.17) is 16.3 Å². The fourth-order valence-electron chi connectivity index (χ4n) is 1.59. The van der Waals surface area contributed by atoms with Crippen molar-refractivity contribution in [3.05, 3.63) is 22.7 Å². The van der Waals surface area contributed by atoms with Crippen LogP contribution in [-0.2, 0) is 14.6 Å². The lowest BCUT2D eigenvalue weighted by Crippen LogP contribution is -2.21. The number of rotatable bonds is 6. The summed E-state index contributed by atoms with van der Waals surface area (Å²) in [5.41, 5.74) is 0.283. The molecule has 1 amide bonds. The second-order valence-electron chi connectivity index (χ2n) is 4.21. The fourth-order valence-corrected chi connectivity index (χ4v) is 2.45. The SMILES string of the molecule is COc1cc(C(=O)CS(C)(=O)=O)c(N(C)C=O)cc1Cl. The van der Waals surface area contributed by atoms with Crippen LogP contribution in [0.1, 0.15) is 10.4 Å². The molecule has 1 rings (SSSR count). The van der Waals surface area contributed by atoms with Crippen LogP contribution in [0.15, 0.2) is 12.1 Å². The molecule has 0 unspecified atom stereocenters. The van der Waals surface area contributed by atoms with Gasteiger partial charge in [-0.05, 0) is 12.1 Å². The number of carbonyl (C=O) groups excluding carboxylic acids is 2. The number of Topliss-reactive ketones (excluding diaryl/α,β-unsaturated/α-hetero) is 1. The maximum atomic E-state index is 12.1. The zero-order valence-electron chi connectivity index (χ0n) is 11.2. The summed E-state index contributed by atoms with van der Waals surface area (Å²) in [5, 5.41) is 0.215. The Bertz CT molecular complexity index is 641. The van der Waals surface area contributed by atoms with Crippen molar-refractivity contribution >= 4 is 39.3 Å². The van der Waals surface area contributed by atoms with Gasteiger partial charge in [-0.1, -0.05) is 11.6 Å². The topological polar surface area (TPSA) is 80.8 Å². The largest absolute Gasteiger partial charge is 0.495 e. The smallest absolute Gasteiger partial charge is 0.213 e. The molecule has 8 heteroatoms. The van der Waals surface area contributed by atoms with E-state index in [1.807, 2.05) is 0 Å². The molecule has 0 saturated heterocycles. The van der Waals surface area contributed by atoms with E-state index in [1.165, 1.54) is 26.3 Å². The lowest BCUT2D eigenvalue weighted by atomic mass is 10.1. The average molecular weight is 320 g/mol. The van der Waals surface area contributed by atoms with E-state index < -0.39 is 21.4 Å². The summed E-state index contributed by atoms with van der Waals surface area (Å²) < 4.78 is 27.4. The van der Waals surface area contributed by atoms with Crippen LogP contribution in [0.4, 0.5) is 5.69 Å². The van der Waals surface area contributed by atoms with Crippen LogP contribution in [0, 0.1) is 0 Å². The van der Waals surface area contributed by atoms with Crippen LogP contribution in [0.2, 0.25) is 5.02 Å². The van der Waals surface area contributed by atoms with Crippen LogP contribution < -0.4 is 9.64 Å². The van der Waals surface area contributed by atoms with Crippen molar-refractivity contribution in [2.45, 2.75) is 0 Å². The van der Waals surface area contributed by atoms with Crippen molar-refractivity contribution in [2.75, 3.05) is 31.1 Å². The molecule has 20 heavy (non-hydrogen) atoms. The highest BCUT2D eigenvalue weighted by Gasteiger charge is 2.21. The van der Waals surface area contributed by atoms with Gasteiger partial charge in [0.1, 0.15) is 11.5 Å². The van der Waals surface area contributed by atoms with Gasteiger partial charge in [0.25, 0.3) is 0 Å². The highest BCUT2D eigenvalue weighted by atomic mass is 35.5. The summed E-state index contributed by atoms with van der Waals surface area (Å²) in [7, 11) is -0.677. The molecule has 0 bridgehead atoms. The van der Waals surface area contributed by atoms with Crippen molar-refractivity contribution in [1.29, 1.82) is 0 Å². The van der Waals surface area contributed by atoms with E-state index in [2.05, 4.69) is 0 Å². The monoisotopic (exact) mass is 319 g/mol. The van der Waals surface area contributed by atoms with E-state index in [9.17, 15) is 18.0 Å². The Morgan fingerprint density at radius 2 is 2.05 bits per heavy atom. The quantitative estimate of drug-likeness (QED) is 0.581. The normalized spacial score (nSPS) is 11.0. The number of carbonyl (C=O) groups is 2. The Morgan fingerprint density at radius 3 is 2.50 bits per heavy atom. The first-order valence-electron chi connectivity index (χ1n) is 5.46. The maximum Gasteiger partial charge on any atom is 0.213 e. The molecule has 0 spiro atoms. The van der Waals surface area contributed by atoms with E-state index >= 15 is 0 Å². The lowest BCUT2D eigenvalue weighted by Gasteiger charge is -2.17. The number of hydrogen-bond donors (Lipinski definition) is 0. The van der Waals surface area contributed by atoms with Gasteiger partial charge < -0.3 is 9.64 Å². The third-order valence-electron chi connectivity index (χ3n) is 2.50. The van der Waals surface area contributed by atoms with Crippen molar-refractivity contribution < 1.29 is 22.7 Å². The highest BCUT2D eigenvalue weighted by molar-refractivity contribution is 7.91. The summed E-state index contributed by atoms with van der Waals surface area (Å²) >= 11 is 5.94. The summed E-state index contributed by atoms with van der Waals surface area (Å²) in [6, 6.07) is 2.70. The fraction of sp³-hybridized carbons (Fsp3) is 0.333. The standard InChI is InChI=1S/C12H14ClNO5S/c1-14(7-15)10-5-9(13)12(19-2)4-8(10)11(16)6-20(3,17)18/h4-5,7H,6H2,1-3H3. The number of nitrogens with zero attached hydrogens (tertiary/aromatic N) is 1. The number of ether oxygens (including phenoxy) is 1. The molecule has 0 radical (unpaired) electrons. The van der Waals surface area contributed by atoms with E-state index in [1.54, 1.807) is 0 Å². The number of benzene rings is 1. The molecule has 0 fully saturated rings. The number of sulfone groups is 1. The van der Waals surface area contributed by atoms with Gasteiger partial charge >= 0.3 is 0 Å². The number of hydrogen-bond acceptors (Lipinski definition) is 5. The molecule has 0 aliphatic rings. The minimum absolute atomic E-state index is 0.0614. The molecule has 0 heterocycles. The lowest BCUT2D eigenvalue weighted by molar-refractivity contribution is -0.107. The van der Waals surface area contributed by atoms with Crippen LogP contribution in [-0.4, -0.2) is 46.8 Å². The molecule has 110 valence electrons. The molecular formula is C12H14ClNO5S. The third-order valence-corrected chi connectivity index (χ3v) is 3.58. The molecule has 0 aromatic heterocycles. The number of methoxy groups -OCH3 is 1. The van der Waals surface area contributed by atoms with Crippen molar-refractivity contribution in [1.82, 2.24) is 0 Å². The van der Waals surface area contributed by atoms with Crippen LogP contribution in [0.5, 0.6) is 5.75 Å². The maximum absolute atomic E-state index is 12.1. The van der Waals surface area contributed by atoms with Crippen LogP contribution in [0.25, 0.3) is 0 Å². The Morgan fingerprint density at radius 1 is 1.45 bits per heavy atom. The molecule has 0 aliphatic heterocycles. The zero-order chi connectivity index (χ0) is 15.5. The summed E-state index contributed by atoms with van der Waals surface area (Å²) in [6.45, 7) is 0. The molecule has 0 N–H and O–H groups in total. The first-order valence-corrected chi connectivity index (χ1v) is 7.90. The van der Waals surface area contributed by atoms with E-state index in [0.29, 0.717) is 6.41 Å². The van der Waals surface area contributed by atoms with Crippen molar-refractivity contribution in [3.63, 3.8) is 0 Å². The Labute approximate surface area is 122 Å². The Hall–Kier alpha value is -1.60. The van der Waals surface area contributed by atoms with Crippen molar-refractivity contribution in [2.24, 2.45) is 0 Å². The Kier molecular flexibility index (Phi) is 5.13. The zero-order valence-corrected chi connectivity index (χ0v) is 12.8. The van der Waals surface area contributed by atoms with Crippen molar-refractivity contribution in [3.8, 4) is 5.75 Å². The molecule has 0 aliphatic carbocycles. The number of ketones is 1. The predicted octanol–water partition coefficient (Wildman–Crippen LogP) is 1.17. The van der Waals surface area contributed by atoms with Gasteiger partial charge in [-0.25, -0.2) is 8.42 Å². The van der Waals surface area contributed by atoms with Gasteiger partial charge in [-0.2, -0.15) is 0 Å². The molecular weight excluding hydrogens is 306 g/mol. The third kappa shape index (κ3) is 3.94. The second kappa shape index (κ2) is 6.23. The van der Waals surface area contributed by atoms with Gasteiger partial charge in [0.2, 0.25) is 6.41 Å². The number of anilines is 1. The first kappa shape index (κ1) is 16.5. The highest BCUT2D eigenvalue weighted by Crippen LogP contribution is 2.32. The second-order valence-corrected chi connectivity index (χ2v) is 6.76. The molecule has 1 aromatic carbocycles. The van der Waals surface area contributed by atoms with Gasteiger partial charge in [0, 0.05) is 18.9 Å².